The second kappa shape index (κ2) is 5.29. The normalized spacial score (nSPS) is 9.53. The summed E-state index contributed by atoms with van der Waals surface area (Å²) >= 11 is 0. The third-order valence-corrected chi connectivity index (χ3v) is 2.38. The molecule has 1 nitrogen and oxygen atoms in total. The molecule has 0 saturated carbocycles. The second-order valence-corrected chi connectivity index (χ2v) is 3.52. The minimum absolute atomic E-state index is 0.158. The minimum atomic E-state index is -0.235. The van der Waals surface area contributed by atoms with Gasteiger partial charge in [0.15, 0.2) is 0 Å². The Morgan fingerprint density at radius 2 is 1.71 bits per heavy atom. The van der Waals surface area contributed by atoms with Crippen molar-refractivity contribution >= 4 is 0 Å². The zero-order chi connectivity index (χ0) is 12.1. The van der Waals surface area contributed by atoms with E-state index >= 15 is 0 Å². The lowest BCUT2D eigenvalue weighted by Crippen LogP contribution is -1.84. The second-order valence-electron chi connectivity index (χ2n) is 3.52. The van der Waals surface area contributed by atoms with Gasteiger partial charge in [0.2, 0.25) is 0 Å². The van der Waals surface area contributed by atoms with Crippen LogP contribution in [0.3, 0.4) is 0 Å². The van der Waals surface area contributed by atoms with Crippen LogP contribution in [0.25, 0.3) is 11.1 Å². The number of halogens is 1. The molecule has 0 atom stereocenters. The number of rotatable bonds is 1. The van der Waals surface area contributed by atoms with Gasteiger partial charge in [-0.1, -0.05) is 42.2 Å². The summed E-state index contributed by atoms with van der Waals surface area (Å²) in [4.78, 5) is 0. The van der Waals surface area contributed by atoms with Gasteiger partial charge in [0, 0.05) is 11.1 Å². The number of aliphatic hydroxyl groups excluding tert-OH is 1. The van der Waals surface area contributed by atoms with Crippen LogP contribution < -0.4 is 0 Å². The van der Waals surface area contributed by atoms with Crippen LogP contribution in [0.1, 0.15) is 5.56 Å². The molecule has 0 aliphatic carbocycles. The standard InChI is InChI=1S/C15H11FO/c16-15-6-2-1-5-14(15)13-9-7-12(8-10-13)4-3-11-17/h1-2,5-10,17H,11H2. The molecule has 1 N–H and O–H groups in total. The van der Waals surface area contributed by atoms with Crippen molar-refractivity contribution in [1.82, 2.24) is 0 Å². The first-order chi connectivity index (χ1) is 8.31. The van der Waals surface area contributed by atoms with Crippen LogP contribution in [0.2, 0.25) is 0 Å². The van der Waals surface area contributed by atoms with Crippen LogP contribution in [0.5, 0.6) is 0 Å². The van der Waals surface area contributed by atoms with Crippen molar-refractivity contribution in [3.8, 4) is 23.0 Å². The Labute approximate surface area is 99.5 Å². The van der Waals surface area contributed by atoms with Gasteiger partial charge in [0.25, 0.3) is 0 Å². The maximum Gasteiger partial charge on any atom is 0.131 e. The maximum absolute atomic E-state index is 13.5. The molecule has 0 amide bonds. The van der Waals surface area contributed by atoms with Crippen molar-refractivity contribution in [2.24, 2.45) is 0 Å². The highest BCUT2D eigenvalue weighted by atomic mass is 19.1. The average molecular weight is 226 g/mol. The quantitative estimate of drug-likeness (QED) is 0.741. The van der Waals surface area contributed by atoms with Gasteiger partial charge in [-0.25, -0.2) is 4.39 Å². The van der Waals surface area contributed by atoms with E-state index < -0.39 is 0 Å². The molecule has 17 heavy (non-hydrogen) atoms. The third kappa shape index (κ3) is 2.72. The van der Waals surface area contributed by atoms with E-state index in [1.165, 1.54) is 6.07 Å². The average Bonchev–Trinajstić information content (AvgIpc) is 2.38. The van der Waals surface area contributed by atoms with Gasteiger partial charge < -0.3 is 5.11 Å². The zero-order valence-electron chi connectivity index (χ0n) is 9.15. The number of hydrogen-bond acceptors (Lipinski definition) is 1. The molecule has 84 valence electrons. The Balaban J connectivity index is 2.33. The maximum atomic E-state index is 13.5. The summed E-state index contributed by atoms with van der Waals surface area (Å²) in [6, 6.07) is 13.9. The fourth-order valence-corrected chi connectivity index (χ4v) is 1.57. The molecule has 2 aromatic carbocycles. The molecular formula is C15H11FO. The molecular weight excluding hydrogens is 215 g/mol. The molecule has 0 aliphatic heterocycles. The Bertz CT molecular complexity index is 561. The first-order valence-electron chi connectivity index (χ1n) is 5.26. The molecule has 0 unspecified atom stereocenters. The lowest BCUT2D eigenvalue weighted by Gasteiger charge is -2.02. The summed E-state index contributed by atoms with van der Waals surface area (Å²) in [7, 11) is 0. The van der Waals surface area contributed by atoms with E-state index in [2.05, 4.69) is 11.8 Å². The topological polar surface area (TPSA) is 20.2 Å². The summed E-state index contributed by atoms with van der Waals surface area (Å²) in [5.74, 6) is 5.13. The molecule has 2 heteroatoms. The first-order valence-corrected chi connectivity index (χ1v) is 5.26. The molecule has 0 spiro atoms. The highest BCUT2D eigenvalue weighted by Gasteiger charge is 2.02. The van der Waals surface area contributed by atoms with Gasteiger partial charge in [-0.2, -0.15) is 0 Å². The lowest BCUT2D eigenvalue weighted by atomic mass is 10.0. The van der Waals surface area contributed by atoms with Crippen LogP contribution in [0, 0.1) is 17.7 Å². The van der Waals surface area contributed by atoms with E-state index in [1.807, 2.05) is 24.3 Å². The van der Waals surface area contributed by atoms with Crippen molar-refractivity contribution < 1.29 is 9.50 Å². The van der Waals surface area contributed by atoms with Gasteiger partial charge in [-0.3, -0.25) is 0 Å². The number of benzene rings is 2. The summed E-state index contributed by atoms with van der Waals surface area (Å²) in [6.07, 6.45) is 0. The van der Waals surface area contributed by atoms with Crippen LogP contribution in [0.15, 0.2) is 48.5 Å². The van der Waals surface area contributed by atoms with Gasteiger partial charge in [0.05, 0.1) is 0 Å². The zero-order valence-corrected chi connectivity index (χ0v) is 9.15. The smallest absolute Gasteiger partial charge is 0.131 e. The Morgan fingerprint density at radius 3 is 2.35 bits per heavy atom. The number of aliphatic hydroxyl groups is 1. The van der Waals surface area contributed by atoms with E-state index in [-0.39, 0.29) is 12.4 Å². The highest BCUT2D eigenvalue weighted by Crippen LogP contribution is 2.22. The van der Waals surface area contributed by atoms with Crippen LogP contribution >= 0.6 is 0 Å². The third-order valence-electron chi connectivity index (χ3n) is 2.38. The van der Waals surface area contributed by atoms with Crippen molar-refractivity contribution in [2.75, 3.05) is 6.61 Å². The monoisotopic (exact) mass is 226 g/mol. The van der Waals surface area contributed by atoms with Crippen LogP contribution in [-0.4, -0.2) is 11.7 Å². The summed E-state index contributed by atoms with van der Waals surface area (Å²) < 4.78 is 13.5. The molecule has 2 aromatic rings. The van der Waals surface area contributed by atoms with E-state index in [4.69, 9.17) is 5.11 Å². The van der Waals surface area contributed by atoms with Gasteiger partial charge >= 0.3 is 0 Å². The fourth-order valence-electron chi connectivity index (χ4n) is 1.57. The molecule has 2 rings (SSSR count). The summed E-state index contributed by atoms with van der Waals surface area (Å²) in [5.41, 5.74) is 2.20. The predicted octanol–water partition coefficient (Wildman–Crippen LogP) is 2.84. The minimum Gasteiger partial charge on any atom is -0.384 e. The predicted molar refractivity (Wildman–Crippen MR) is 65.8 cm³/mol. The van der Waals surface area contributed by atoms with Crippen LogP contribution in [0.4, 0.5) is 4.39 Å². The van der Waals surface area contributed by atoms with E-state index in [1.54, 1.807) is 18.2 Å². The van der Waals surface area contributed by atoms with Gasteiger partial charge in [-0.15, -0.1) is 0 Å². The molecule has 0 radical (unpaired) electrons. The largest absolute Gasteiger partial charge is 0.384 e. The molecule has 0 heterocycles. The van der Waals surface area contributed by atoms with E-state index in [9.17, 15) is 4.39 Å². The Hall–Kier alpha value is -2.11. The Kier molecular flexibility index (Phi) is 3.54. The van der Waals surface area contributed by atoms with Crippen molar-refractivity contribution in [3.05, 3.63) is 59.9 Å². The van der Waals surface area contributed by atoms with Gasteiger partial charge in [-0.05, 0) is 23.8 Å². The first kappa shape index (κ1) is 11.4. The molecule has 0 saturated heterocycles. The molecule has 0 fully saturated rings. The summed E-state index contributed by atoms with van der Waals surface area (Å²) in [5, 5.41) is 8.57. The van der Waals surface area contributed by atoms with Crippen LogP contribution in [-0.2, 0) is 0 Å². The fraction of sp³-hybridized carbons (Fsp3) is 0.0667. The van der Waals surface area contributed by atoms with Crippen molar-refractivity contribution in [1.29, 1.82) is 0 Å². The highest BCUT2D eigenvalue weighted by molar-refractivity contribution is 5.64. The van der Waals surface area contributed by atoms with Crippen molar-refractivity contribution in [3.63, 3.8) is 0 Å². The molecule has 0 bridgehead atoms. The number of hydrogen-bond donors (Lipinski definition) is 1. The molecule has 0 aliphatic rings. The van der Waals surface area contributed by atoms with E-state index in [0.29, 0.717) is 5.56 Å². The summed E-state index contributed by atoms with van der Waals surface area (Å²) in [6.45, 7) is -0.158. The van der Waals surface area contributed by atoms with E-state index in [0.717, 1.165) is 11.1 Å². The SMILES string of the molecule is OCC#Cc1ccc(-c2ccccc2F)cc1. The molecule has 0 aromatic heterocycles. The van der Waals surface area contributed by atoms with Crippen molar-refractivity contribution in [2.45, 2.75) is 0 Å². The lowest BCUT2D eigenvalue weighted by molar-refractivity contribution is 0.350. The Morgan fingerprint density at radius 1 is 1.00 bits per heavy atom. The van der Waals surface area contributed by atoms with Gasteiger partial charge in [0.1, 0.15) is 12.4 Å².